The lowest BCUT2D eigenvalue weighted by atomic mass is 9.96. The van der Waals surface area contributed by atoms with Gasteiger partial charge in [0, 0.05) is 43.0 Å². The molecule has 5 nitrogen and oxygen atoms in total. The fourth-order valence-corrected chi connectivity index (χ4v) is 3.98. The molecule has 27 heavy (non-hydrogen) atoms. The number of carbonyl (C=O) groups is 1. The van der Waals surface area contributed by atoms with E-state index in [-0.39, 0.29) is 17.9 Å². The predicted molar refractivity (Wildman–Crippen MR) is 102 cm³/mol. The quantitative estimate of drug-likeness (QED) is 0.882. The molecule has 1 atom stereocenters. The summed E-state index contributed by atoms with van der Waals surface area (Å²) in [6.07, 6.45) is 4.03. The largest absolute Gasteiger partial charge is 0.336 e. The third-order valence-electron chi connectivity index (χ3n) is 5.57. The lowest BCUT2D eigenvalue weighted by molar-refractivity contribution is 0.145. The highest BCUT2D eigenvalue weighted by molar-refractivity contribution is 5.75. The summed E-state index contributed by atoms with van der Waals surface area (Å²) in [5.41, 5.74) is 1.69. The van der Waals surface area contributed by atoms with Crippen LogP contribution in [0, 0.1) is 5.82 Å². The highest BCUT2D eigenvalue weighted by atomic mass is 19.1. The molecule has 2 amide bonds. The van der Waals surface area contributed by atoms with E-state index in [0.717, 1.165) is 31.6 Å². The normalized spacial score (nSPS) is 18.9. The summed E-state index contributed by atoms with van der Waals surface area (Å²) >= 11 is 0. The Morgan fingerprint density at radius 2 is 1.89 bits per heavy atom. The van der Waals surface area contributed by atoms with Crippen molar-refractivity contribution in [3.05, 3.63) is 65.7 Å². The Balaban J connectivity index is 1.35. The van der Waals surface area contributed by atoms with Gasteiger partial charge >= 0.3 is 6.03 Å². The van der Waals surface area contributed by atoms with E-state index in [2.05, 4.69) is 15.2 Å². The molecule has 0 aliphatic carbocycles. The number of carbonyl (C=O) groups excluding carboxylic acids is 1. The zero-order valence-electron chi connectivity index (χ0n) is 15.4. The van der Waals surface area contributed by atoms with Crippen LogP contribution in [0.2, 0.25) is 0 Å². The molecule has 2 saturated heterocycles. The van der Waals surface area contributed by atoms with Crippen molar-refractivity contribution in [2.45, 2.75) is 24.8 Å². The molecule has 0 saturated carbocycles. The molecule has 0 unspecified atom stereocenters. The second kappa shape index (κ2) is 8.05. The predicted octanol–water partition coefficient (Wildman–Crippen LogP) is 3.17. The molecule has 2 aliphatic heterocycles. The van der Waals surface area contributed by atoms with Gasteiger partial charge in [-0.2, -0.15) is 0 Å². The van der Waals surface area contributed by atoms with E-state index in [1.807, 2.05) is 30.3 Å². The number of rotatable bonds is 5. The first-order valence-electron chi connectivity index (χ1n) is 9.64. The summed E-state index contributed by atoms with van der Waals surface area (Å²) in [7, 11) is 0. The van der Waals surface area contributed by atoms with Gasteiger partial charge in [0.15, 0.2) is 0 Å². The fourth-order valence-electron chi connectivity index (χ4n) is 3.98. The van der Waals surface area contributed by atoms with Crippen molar-refractivity contribution in [2.24, 2.45) is 0 Å². The minimum Gasteiger partial charge on any atom is -0.336 e. The highest BCUT2D eigenvalue weighted by Crippen LogP contribution is 2.28. The average Bonchev–Trinajstić information content (AvgIpc) is 3.17. The van der Waals surface area contributed by atoms with Crippen LogP contribution in [0.4, 0.5) is 9.18 Å². The van der Waals surface area contributed by atoms with Gasteiger partial charge in [-0.1, -0.05) is 24.3 Å². The summed E-state index contributed by atoms with van der Waals surface area (Å²) in [6.45, 7) is 3.67. The summed E-state index contributed by atoms with van der Waals surface area (Å²) < 4.78 is 14.3. The third-order valence-corrected chi connectivity index (χ3v) is 5.57. The Bertz CT molecular complexity index is 773. The third kappa shape index (κ3) is 3.95. The van der Waals surface area contributed by atoms with E-state index < -0.39 is 0 Å². The van der Waals surface area contributed by atoms with E-state index in [4.69, 9.17) is 0 Å². The molecule has 2 fully saturated rings. The lowest BCUT2D eigenvalue weighted by Gasteiger charge is -2.39. The fraction of sp³-hybridized carbons (Fsp3) is 0.429. The van der Waals surface area contributed by atoms with Crippen LogP contribution in [0.25, 0.3) is 0 Å². The molecule has 4 rings (SSSR count). The number of hydrogen-bond donors (Lipinski definition) is 1. The molecule has 0 bridgehead atoms. The number of hydrogen-bond acceptors (Lipinski definition) is 3. The molecule has 142 valence electrons. The Morgan fingerprint density at radius 3 is 2.59 bits per heavy atom. The van der Waals surface area contributed by atoms with E-state index >= 15 is 0 Å². The Morgan fingerprint density at radius 1 is 1.15 bits per heavy atom. The maximum absolute atomic E-state index is 14.3. The molecule has 2 aromatic rings. The summed E-state index contributed by atoms with van der Waals surface area (Å²) in [5, 5.41) is 3.02. The van der Waals surface area contributed by atoms with Crippen LogP contribution in [-0.2, 0) is 0 Å². The van der Waals surface area contributed by atoms with Gasteiger partial charge in [-0.25, -0.2) is 9.18 Å². The van der Waals surface area contributed by atoms with Crippen LogP contribution in [0.3, 0.4) is 0 Å². The number of pyridine rings is 1. The van der Waals surface area contributed by atoms with Gasteiger partial charge in [-0.05, 0) is 44.1 Å². The van der Waals surface area contributed by atoms with Gasteiger partial charge in [-0.3, -0.25) is 9.88 Å². The maximum Gasteiger partial charge on any atom is 0.317 e. The topological polar surface area (TPSA) is 48.5 Å². The summed E-state index contributed by atoms with van der Waals surface area (Å²) in [6, 6.07) is 12.5. The van der Waals surface area contributed by atoms with Crippen molar-refractivity contribution in [1.82, 2.24) is 20.1 Å². The number of likely N-dealkylation sites (tertiary alicyclic amines) is 2. The highest BCUT2D eigenvalue weighted by Gasteiger charge is 2.33. The van der Waals surface area contributed by atoms with E-state index in [0.29, 0.717) is 31.1 Å². The van der Waals surface area contributed by atoms with E-state index in [1.165, 1.54) is 6.07 Å². The zero-order chi connectivity index (χ0) is 18.6. The lowest BCUT2D eigenvalue weighted by Crippen LogP contribution is -2.53. The Labute approximate surface area is 159 Å². The summed E-state index contributed by atoms with van der Waals surface area (Å²) in [5.74, 6) is 0.0979. The van der Waals surface area contributed by atoms with Gasteiger partial charge in [0.1, 0.15) is 5.82 Å². The number of amides is 2. The molecule has 6 heteroatoms. The Hall–Kier alpha value is -2.47. The molecule has 1 aromatic heterocycles. The van der Waals surface area contributed by atoms with Crippen molar-refractivity contribution in [3.63, 3.8) is 0 Å². The zero-order valence-corrected chi connectivity index (χ0v) is 15.4. The van der Waals surface area contributed by atoms with Crippen molar-refractivity contribution in [2.75, 3.05) is 32.7 Å². The molecular weight excluding hydrogens is 343 g/mol. The first-order valence-corrected chi connectivity index (χ1v) is 9.64. The van der Waals surface area contributed by atoms with E-state index in [9.17, 15) is 9.18 Å². The standard InChI is InChI=1S/C21H25FN4O/c22-18-8-2-1-7-17(18)20(25-11-5-6-12-25)13-24-21(27)26-14-16(15-26)19-9-3-4-10-23-19/h1-4,7-10,16,20H,5-6,11-15H2,(H,24,27)/t20-/m1/s1. The number of halogens is 1. The molecule has 0 radical (unpaired) electrons. The number of urea groups is 1. The Kier molecular flexibility index (Phi) is 5.34. The number of nitrogens with zero attached hydrogens (tertiary/aromatic N) is 3. The molecule has 0 spiro atoms. The number of aromatic nitrogens is 1. The first-order chi connectivity index (χ1) is 13.2. The average molecular weight is 368 g/mol. The molecule has 1 N–H and O–H groups in total. The van der Waals surface area contributed by atoms with Crippen molar-refractivity contribution in [1.29, 1.82) is 0 Å². The van der Waals surface area contributed by atoms with Crippen LogP contribution in [-0.4, -0.2) is 53.5 Å². The van der Waals surface area contributed by atoms with Gasteiger partial charge in [-0.15, -0.1) is 0 Å². The minimum absolute atomic E-state index is 0.0808. The van der Waals surface area contributed by atoms with Crippen molar-refractivity contribution >= 4 is 6.03 Å². The molecular formula is C21H25FN4O. The first kappa shape index (κ1) is 17.9. The van der Waals surface area contributed by atoms with E-state index in [1.54, 1.807) is 17.2 Å². The summed E-state index contributed by atoms with van der Waals surface area (Å²) in [4.78, 5) is 20.9. The molecule has 3 heterocycles. The second-order valence-corrected chi connectivity index (χ2v) is 7.32. The van der Waals surface area contributed by atoms with Crippen LogP contribution in [0.5, 0.6) is 0 Å². The maximum atomic E-state index is 14.3. The molecule has 2 aliphatic rings. The van der Waals surface area contributed by atoms with Crippen molar-refractivity contribution < 1.29 is 9.18 Å². The number of benzene rings is 1. The van der Waals surface area contributed by atoms with Gasteiger partial charge in [0.05, 0.1) is 6.04 Å². The number of nitrogens with one attached hydrogen (secondary N) is 1. The minimum atomic E-state index is -0.206. The van der Waals surface area contributed by atoms with Gasteiger partial charge < -0.3 is 10.2 Å². The SMILES string of the molecule is O=C(NC[C@H](c1ccccc1F)N1CCCC1)N1CC(c2ccccn2)C1. The van der Waals surface area contributed by atoms with Crippen molar-refractivity contribution in [3.8, 4) is 0 Å². The van der Waals surface area contributed by atoms with Crippen LogP contribution in [0.1, 0.15) is 36.1 Å². The van der Waals surface area contributed by atoms with Crippen LogP contribution < -0.4 is 5.32 Å². The second-order valence-electron chi connectivity index (χ2n) is 7.32. The van der Waals surface area contributed by atoms with Gasteiger partial charge in [0.2, 0.25) is 0 Å². The monoisotopic (exact) mass is 368 g/mol. The van der Waals surface area contributed by atoms with Crippen LogP contribution >= 0.6 is 0 Å². The smallest absolute Gasteiger partial charge is 0.317 e. The van der Waals surface area contributed by atoms with Gasteiger partial charge in [0.25, 0.3) is 0 Å². The molecule has 1 aromatic carbocycles. The van der Waals surface area contributed by atoms with Crippen LogP contribution in [0.15, 0.2) is 48.7 Å².